The first-order valence-electron chi connectivity index (χ1n) is 16.5. The van der Waals surface area contributed by atoms with Crippen LogP contribution >= 0.6 is 0 Å². The highest BCUT2D eigenvalue weighted by Gasteiger charge is 2.56. The van der Waals surface area contributed by atoms with Gasteiger partial charge in [0.05, 0.1) is 19.8 Å². The Labute approximate surface area is 240 Å². The van der Waals surface area contributed by atoms with Gasteiger partial charge in [-0.2, -0.15) is 0 Å². The molecule has 0 rings (SSSR count). The second kappa shape index (κ2) is 26.6. The molecule has 0 aliphatic carbocycles. The van der Waals surface area contributed by atoms with Crippen molar-refractivity contribution in [2.45, 2.75) is 169 Å². The van der Waals surface area contributed by atoms with Gasteiger partial charge in [-0.3, -0.25) is 14.4 Å². The molecule has 0 radical (unpaired) electrons. The van der Waals surface area contributed by atoms with Crippen molar-refractivity contribution in [3.63, 3.8) is 0 Å². The summed E-state index contributed by atoms with van der Waals surface area (Å²) in [6.45, 7) is 8.83. The molecule has 0 fully saturated rings. The lowest BCUT2D eigenvalue weighted by molar-refractivity contribution is -0.184. The maximum absolute atomic E-state index is 13.2. The molecule has 6 nitrogen and oxygen atoms in total. The molecule has 0 aliphatic rings. The average Bonchev–Trinajstić information content (AvgIpc) is 2.93. The Kier molecular flexibility index (Phi) is 25.5. The fraction of sp³-hybridized carbons (Fsp3) is 0.909. The molecule has 0 saturated carbocycles. The zero-order chi connectivity index (χ0) is 29.0. The van der Waals surface area contributed by atoms with E-state index in [1.54, 1.807) is 6.92 Å². The predicted octanol–water partition coefficient (Wildman–Crippen LogP) is 9.26. The van der Waals surface area contributed by atoms with E-state index < -0.39 is 23.3 Å². The zero-order valence-corrected chi connectivity index (χ0v) is 26.1. The van der Waals surface area contributed by atoms with E-state index in [9.17, 15) is 14.4 Å². The van der Waals surface area contributed by atoms with Gasteiger partial charge in [0.25, 0.3) is 5.41 Å². The van der Waals surface area contributed by atoms with Gasteiger partial charge in [0.1, 0.15) is 0 Å². The van der Waals surface area contributed by atoms with Gasteiger partial charge in [0, 0.05) is 0 Å². The lowest BCUT2D eigenvalue weighted by Gasteiger charge is -2.26. The Morgan fingerprint density at radius 3 is 0.846 bits per heavy atom. The van der Waals surface area contributed by atoms with Crippen molar-refractivity contribution in [2.75, 3.05) is 19.8 Å². The number of esters is 3. The number of hydrogen-bond donors (Lipinski definition) is 0. The molecule has 0 saturated heterocycles. The number of rotatable bonds is 28. The topological polar surface area (TPSA) is 78.9 Å². The van der Waals surface area contributed by atoms with Crippen LogP contribution in [0, 0.1) is 5.41 Å². The molecule has 0 unspecified atom stereocenters. The normalized spacial score (nSPS) is 11.4. The summed E-state index contributed by atoms with van der Waals surface area (Å²) >= 11 is 0. The van der Waals surface area contributed by atoms with E-state index >= 15 is 0 Å². The molecule has 0 amide bonds. The van der Waals surface area contributed by atoms with E-state index in [0.717, 1.165) is 57.8 Å². The van der Waals surface area contributed by atoms with Crippen molar-refractivity contribution in [3.05, 3.63) is 0 Å². The van der Waals surface area contributed by atoms with Crippen LogP contribution in [0.1, 0.15) is 169 Å². The van der Waals surface area contributed by atoms with Gasteiger partial charge < -0.3 is 14.2 Å². The lowest BCUT2D eigenvalue weighted by Crippen LogP contribution is -2.49. The summed E-state index contributed by atoms with van der Waals surface area (Å²) in [6.07, 6.45) is 22.9. The first-order chi connectivity index (χ1) is 19.0. The second-order valence-corrected chi connectivity index (χ2v) is 11.0. The third kappa shape index (κ3) is 17.7. The molecule has 39 heavy (non-hydrogen) atoms. The van der Waals surface area contributed by atoms with Gasteiger partial charge in [-0.25, -0.2) is 0 Å². The minimum Gasteiger partial charge on any atom is -0.464 e. The van der Waals surface area contributed by atoms with Crippen molar-refractivity contribution in [3.8, 4) is 0 Å². The molecule has 230 valence electrons. The van der Waals surface area contributed by atoms with Gasteiger partial charge >= 0.3 is 17.9 Å². The Morgan fingerprint density at radius 2 is 0.615 bits per heavy atom. The van der Waals surface area contributed by atoms with E-state index in [-0.39, 0.29) is 26.2 Å². The molecule has 0 aliphatic heterocycles. The molecular formula is C33H62O6. The maximum Gasteiger partial charge on any atom is 0.335 e. The quantitative estimate of drug-likeness (QED) is 0.0415. The molecular weight excluding hydrogens is 492 g/mol. The number of unbranched alkanes of at least 4 members (excludes halogenated alkanes) is 18. The predicted molar refractivity (Wildman–Crippen MR) is 160 cm³/mol. The van der Waals surface area contributed by atoms with Gasteiger partial charge in [-0.05, 0) is 25.7 Å². The van der Waals surface area contributed by atoms with Crippen molar-refractivity contribution >= 4 is 17.9 Å². The zero-order valence-electron chi connectivity index (χ0n) is 26.1. The number of carbonyl (C=O) groups excluding carboxylic acids is 3. The minimum absolute atomic E-state index is 0.0332. The SMILES string of the molecule is CCCCCCCCCOC(=O)C(CC)(C(=O)OCCCCCCCCC)C(=O)OCCCCCCCCC. The number of hydrogen-bond acceptors (Lipinski definition) is 6. The summed E-state index contributed by atoms with van der Waals surface area (Å²) in [7, 11) is 0. The summed E-state index contributed by atoms with van der Waals surface area (Å²) in [4.78, 5) is 39.6. The Balaban J connectivity index is 4.86. The highest BCUT2D eigenvalue weighted by molar-refractivity contribution is 6.17. The van der Waals surface area contributed by atoms with Crippen LogP contribution in [-0.2, 0) is 28.6 Å². The molecule has 0 aromatic rings. The summed E-state index contributed by atoms with van der Waals surface area (Å²) < 4.78 is 16.5. The first kappa shape index (κ1) is 37.4. The third-order valence-electron chi connectivity index (χ3n) is 7.52. The van der Waals surface area contributed by atoms with Crippen molar-refractivity contribution in [2.24, 2.45) is 5.41 Å². The Morgan fingerprint density at radius 1 is 0.385 bits per heavy atom. The Bertz CT molecular complexity index is 524. The van der Waals surface area contributed by atoms with Crippen LogP contribution in [0.3, 0.4) is 0 Å². The molecule has 6 heteroatoms. The van der Waals surface area contributed by atoms with Crippen molar-refractivity contribution < 1.29 is 28.6 Å². The fourth-order valence-electron chi connectivity index (χ4n) is 4.72. The molecule has 0 bridgehead atoms. The lowest BCUT2D eigenvalue weighted by atomic mass is 9.85. The number of ether oxygens (including phenoxy) is 3. The monoisotopic (exact) mass is 554 g/mol. The van der Waals surface area contributed by atoms with Gasteiger partial charge in [-0.1, -0.05) is 143 Å². The smallest absolute Gasteiger partial charge is 0.335 e. The highest BCUT2D eigenvalue weighted by Crippen LogP contribution is 2.29. The highest BCUT2D eigenvalue weighted by atomic mass is 16.6. The van der Waals surface area contributed by atoms with E-state index in [1.165, 1.54) is 77.0 Å². The van der Waals surface area contributed by atoms with Crippen LogP contribution < -0.4 is 0 Å². The summed E-state index contributed by atoms with van der Waals surface area (Å²) in [5.41, 5.74) is -2.04. The van der Waals surface area contributed by atoms with Crippen molar-refractivity contribution in [1.82, 2.24) is 0 Å². The molecule has 0 N–H and O–H groups in total. The van der Waals surface area contributed by atoms with Gasteiger partial charge in [0.2, 0.25) is 0 Å². The van der Waals surface area contributed by atoms with E-state index in [4.69, 9.17) is 14.2 Å². The molecule has 0 heterocycles. The van der Waals surface area contributed by atoms with Crippen LogP contribution in [0.25, 0.3) is 0 Å². The van der Waals surface area contributed by atoms with Crippen LogP contribution in [0.2, 0.25) is 0 Å². The molecule has 0 aromatic carbocycles. The van der Waals surface area contributed by atoms with E-state index in [2.05, 4.69) is 20.8 Å². The maximum atomic E-state index is 13.2. The van der Waals surface area contributed by atoms with Crippen LogP contribution in [0.15, 0.2) is 0 Å². The average molecular weight is 555 g/mol. The van der Waals surface area contributed by atoms with E-state index in [0.29, 0.717) is 0 Å². The van der Waals surface area contributed by atoms with Gasteiger partial charge in [0.15, 0.2) is 0 Å². The standard InChI is InChI=1S/C33H62O6/c1-5-9-12-15-18-21-24-27-37-30(34)33(8-4,31(35)38-28-25-22-19-16-13-10-6-2)32(36)39-29-26-23-20-17-14-11-7-3/h5-29H2,1-4H3. The summed E-state index contributed by atoms with van der Waals surface area (Å²) in [5, 5.41) is 0. The van der Waals surface area contributed by atoms with Gasteiger partial charge in [-0.15, -0.1) is 0 Å². The fourth-order valence-corrected chi connectivity index (χ4v) is 4.72. The van der Waals surface area contributed by atoms with Crippen molar-refractivity contribution in [1.29, 1.82) is 0 Å². The summed E-state index contributed by atoms with van der Waals surface area (Å²) in [6, 6.07) is 0. The van der Waals surface area contributed by atoms with Crippen LogP contribution in [0.5, 0.6) is 0 Å². The second-order valence-electron chi connectivity index (χ2n) is 11.0. The largest absolute Gasteiger partial charge is 0.464 e. The number of carbonyl (C=O) groups is 3. The molecule has 0 atom stereocenters. The van der Waals surface area contributed by atoms with Crippen LogP contribution in [0.4, 0.5) is 0 Å². The molecule has 0 aromatic heterocycles. The Hall–Kier alpha value is -1.59. The molecule has 0 spiro atoms. The first-order valence-corrected chi connectivity index (χ1v) is 16.5. The summed E-state index contributed by atoms with van der Waals surface area (Å²) in [5.74, 6) is -2.49. The van der Waals surface area contributed by atoms with Crippen LogP contribution in [-0.4, -0.2) is 37.7 Å². The van der Waals surface area contributed by atoms with E-state index in [1.807, 2.05) is 0 Å². The third-order valence-corrected chi connectivity index (χ3v) is 7.52. The minimum atomic E-state index is -2.04.